The van der Waals surface area contributed by atoms with Crippen LogP contribution in [0.2, 0.25) is 0 Å². The Morgan fingerprint density at radius 1 is 1.31 bits per heavy atom. The molecule has 1 atom stereocenters. The van der Waals surface area contributed by atoms with Gasteiger partial charge in [-0.2, -0.15) is 0 Å². The fraction of sp³-hybridized carbons (Fsp3) is 0.524. The molecule has 1 aliphatic rings. The average Bonchev–Trinajstić information content (AvgIpc) is 3.43. The lowest BCUT2D eigenvalue weighted by Gasteiger charge is -2.25. The maximum absolute atomic E-state index is 13.7. The molecule has 1 aromatic heterocycles. The van der Waals surface area contributed by atoms with Crippen LogP contribution in [0.4, 0.5) is 4.39 Å². The van der Waals surface area contributed by atoms with E-state index in [0.717, 1.165) is 44.9 Å². The lowest BCUT2D eigenvalue weighted by molar-refractivity contribution is 0.0692. The van der Waals surface area contributed by atoms with E-state index < -0.39 is 17.2 Å². The molecule has 3 rings (SSSR count). The van der Waals surface area contributed by atoms with Crippen molar-refractivity contribution < 1.29 is 14.3 Å². The van der Waals surface area contributed by atoms with Crippen LogP contribution in [0.3, 0.4) is 0 Å². The molecule has 0 amide bonds. The third kappa shape index (κ3) is 3.39. The number of aromatic nitrogens is 1. The molecule has 1 heterocycles. The molecular formula is C21H26FNO3. The van der Waals surface area contributed by atoms with E-state index in [2.05, 4.69) is 6.92 Å². The van der Waals surface area contributed by atoms with Crippen molar-refractivity contribution in [1.29, 1.82) is 0 Å². The summed E-state index contributed by atoms with van der Waals surface area (Å²) >= 11 is 0. The van der Waals surface area contributed by atoms with Gasteiger partial charge in [0.15, 0.2) is 0 Å². The van der Waals surface area contributed by atoms with E-state index in [9.17, 15) is 19.1 Å². The number of carboxylic acids is 1. The highest BCUT2D eigenvalue weighted by Gasteiger charge is 2.33. The Balaban J connectivity index is 2.29. The van der Waals surface area contributed by atoms with Gasteiger partial charge in [-0.1, -0.05) is 33.1 Å². The molecule has 1 N–H and O–H groups in total. The molecule has 1 fully saturated rings. The fourth-order valence-electron chi connectivity index (χ4n) is 3.91. The van der Waals surface area contributed by atoms with Crippen LogP contribution in [0.25, 0.3) is 10.9 Å². The summed E-state index contributed by atoms with van der Waals surface area (Å²) in [7, 11) is 0. The molecule has 1 unspecified atom stereocenters. The predicted octanol–water partition coefficient (Wildman–Crippen LogP) is 5.25. The number of carboxylic acid groups (broad SMARTS) is 1. The van der Waals surface area contributed by atoms with Crippen molar-refractivity contribution >= 4 is 16.9 Å². The Morgan fingerprint density at radius 2 is 2.04 bits per heavy atom. The molecular weight excluding hydrogens is 333 g/mol. The van der Waals surface area contributed by atoms with Gasteiger partial charge >= 0.3 is 5.97 Å². The van der Waals surface area contributed by atoms with Gasteiger partial charge in [0.2, 0.25) is 5.43 Å². The van der Waals surface area contributed by atoms with Crippen LogP contribution in [0, 0.1) is 5.82 Å². The highest BCUT2D eigenvalue weighted by atomic mass is 19.1. The van der Waals surface area contributed by atoms with Crippen molar-refractivity contribution in [2.24, 2.45) is 0 Å². The first kappa shape index (κ1) is 18.6. The van der Waals surface area contributed by atoms with Crippen LogP contribution >= 0.6 is 0 Å². The third-order valence-electron chi connectivity index (χ3n) is 5.37. The summed E-state index contributed by atoms with van der Waals surface area (Å²) in [5.74, 6) is -1.70. The number of benzene rings is 1. The van der Waals surface area contributed by atoms with Gasteiger partial charge in [0.1, 0.15) is 11.4 Å². The second-order valence-electron chi connectivity index (χ2n) is 7.26. The zero-order chi connectivity index (χ0) is 18.8. The number of unbranched alkanes of at least 4 members (excludes halogenated alkanes) is 2. The first-order valence-electron chi connectivity index (χ1n) is 9.60. The second kappa shape index (κ2) is 7.60. The monoisotopic (exact) mass is 359 g/mol. The molecule has 1 aromatic carbocycles. The normalized spacial score (nSPS) is 15.3. The minimum absolute atomic E-state index is 0.0235. The number of pyridine rings is 1. The Kier molecular flexibility index (Phi) is 5.44. The van der Waals surface area contributed by atoms with Crippen LogP contribution in [0.1, 0.15) is 86.8 Å². The maximum atomic E-state index is 13.7. The van der Waals surface area contributed by atoms with Gasteiger partial charge in [0.25, 0.3) is 0 Å². The topological polar surface area (TPSA) is 59.3 Å². The summed E-state index contributed by atoms with van der Waals surface area (Å²) < 4.78 is 15.8. The van der Waals surface area contributed by atoms with E-state index in [4.69, 9.17) is 0 Å². The highest BCUT2D eigenvalue weighted by Crippen LogP contribution is 2.42. The van der Waals surface area contributed by atoms with E-state index in [0.29, 0.717) is 11.2 Å². The molecule has 4 nitrogen and oxygen atoms in total. The largest absolute Gasteiger partial charge is 0.477 e. The molecule has 1 aliphatic carbocycles. The minimum Gasteiger partial charge on any atom is -0.477 e. The molecule has 1 saturated carbocycles. The fourth-order valence-corrected chi connectivity index (χ4v) is 3.91. The van der Waals surface area contributed by atoms with E-state index in [1.165, 1.54) is 12.1 Å². The summed E-state index contributed by atoms with van der Waals surface area (Å²) in [6.07, 6.45) is 6.76. The number of fused-ring (bicyclic) bond motifs is 1. The van der Waals surface area contributed by atoms with E-state index in [1.54, 1.807) is 6.07 Å². The molecule has 26 heavy (non-hydrogen) atoms. The predicted molar refractivity (Wildman–Crippen MR) is 101 cm³/mol. The number of aromatic carboxylic acids is 1. The smallest absolute Gasteiger partial charge is 0.341 e. The molecule has 140 valence electrons. The minimum atomic E-state index is -1.21. The van der Waals surface area contributed by atoms with Crippen LogP contribution in [-0.2, 0) is 0 Å². The number of hydrogen-bond donors (Lipinski definition) is 1. The van der Waals surface area contributed by atoms with E-state index in [-0.39, 0.29) is 22.9 Å². The average molecular weight is 359 g/mol. The van der Waals surface area contributed by atoms with Crippen molar-refractivity contribution in [2.45, 2.75) is 70.8 Å². The van der Waals surface area contributed by atoms with Crippen molar-refractivity contribution in [3.8, 4) is 0 Å². The summed E-state index contributed by atoms with van der Waals surface area (Å²) in [6.45, 7) is 4.17. The van der Waals surface area contributed by atoms with Crippen LogP contribution < -0.4 is 5.43 Å². The van der Waals surface area contributed by atoms with Crippen molar-refractivity contribution in [3.63, 3.8) is 0 Å². The van der Waals surface area contributed by atoms with Gasteiger partial charge in [-0.25, -0.2) is 9.18 Å². The zero-order valence-corrected chi connectivity index (χ0v) is 15.4. The number of halogens is 1. The summed E-state index contributed by atoms with van der Waals surface area (Å²) in [4.78, 5) is 24.9. The van der Waals surface area contributed by atoms with Crippen molar-refractivity contribution in [2.75, 3.05) is 0 Å². The van der Waals surface area contributed by atoms with Gasteiger partial charge in [-0.05, 0) is 49.8 Å². The SMILES string of the molecule is CCCCCC(CC)c1c(C(=O)O)c(=O)c2cc(F)ccc2n1C1CC1. The number of rotatable bonds is 8. The molecule has 2 aromatic rings. The van der Waals surface area contributed by atoms with Gasteiger partial charge in [0, 0.05) is 17.1 Å². The highest BCUT2D eigenvalue weighted by molar-refractivity contribution is 5.94. The van der Waals surface area contributed by atoms with Gasteiger partial charge < -0.3 is 9.67 Å². The first-order chi connectivity index (χ1) is 12.5. The Bertz CT molecular complexity index is 883. The standard InChI is InChI=1S/C21H26FNO3/c1-3-5-6-7-13(4-2)19-18(21(25)26)20(24)16-12-14(22)8-11-17(16)23(19)15-9-10-15/h8,11-13,15H,3-7,9-10H2,1-2H3,(H,25,26). The third-order valence-corrected chi connectivity index (χ3v) is 5.37. The lowest BCUT2D eigenvalue weighted by atomic mass is 9.90. The van der Waals surface area contributed by atoms with E-state index in [1.807, 2.05) is 11.5 Å². The van der Waals surface area contributed by atoms with Crippen molar-refractivity contribution in [1.82, 2.24) is 4.57 Å². The van der Waals surface area contributed by atoms with Crippen molar-refractivity contribution in [3.05, 3.63) is 45.5 Å². The van der Waals surface area contributed by atoms with E-state index >= 15 is 0 Å². The second-order valence-corrected chi connectivity index (χ2v) is 7.26. The summed E-state index contributed by atoms with van der Waals surface area (Å²) in [5, 5.41) is 9.98. The number of carbonyl (C=O) groups is 1. The van der Waals surface area contributed by atoms with Gasteiger partial charge in [-0.3, -0.25) is 4.79 Å². The molecule has 0 spiro atoms. The van der Waals surface area contributed by atoms with Gasteiger partial charge in [-0.15, -0.1) is 0 Å². The maximum Gasteiger partial charge on any atom is 0.341 e. The molecule has 0 radical (unpaired) electrons. The summed E-state index contributed by atoms with van der Waals surface area (Å²) in [5.41, 5.74) is 0.571. The molecule has 0 saturated heterocycles. The Labute approximate surface area is 152 Å². The zero-order valence-electron chi connectivity index (χ0n) is 15.4. The Morgan fingerprint density at radius 3 is 2.62 bits per heavy atom. The van der Waals surface area contributed by atoms with Crippen LogP contribution in [-0.4, -0.2) is 15.6 Å². The van der Waals surface area contributed by atoms with Crippen LogP contribution in [0.15, 0.2) is 23.0 Å². The van der Waals surface area contributed by atoms with Crippen LogP contribution in [0.5, 0.6) is 0 Å². The lowest BCUT2D eigenvalue weighted by Crippen LogP contribution is -2.26. The quantitative estimate of drug-likeness (QED) is 0.655. The molecule has 0 aliphatic heterocycles. The first-order valence-corrected chi connectivity index (χ1v) is 9.60. The van der Waals surface area contributed by atoms with Gasteiger partial charge in [0.05, 0.1) is 5.52 Å². The molecule has 0 bridgehead atoms. The molecule has 5 heteroatoms. The Hall–Kier alpha value is -2.17. The number of nitrogens with zero attached hydrogens (tertiary/aromatic N) is 1. The summed E-state index contributed by atoms with van der Waals surface area (Å²) in [6, 6.07) is 4.35. The number of hydrogen-bond acceptors (Lipinski definition) is 2.